The van der Waals surface area contributed by atoms with Gasteiger partial charge in [0.15, 0.2) is 0 Å². The molecule has 3 heterocycles. The summed E-state index contributed by atoms with van der Waals surface area (Å²) in [4.78, 5) is 19.0. The fraction of sp³-hybridized carbons (Fsp3) is 0.667. The molecule has 4 rings (SSSR count). The van der Waals surface area contributed by atoms with Gasteiger partial charge in [-0.25, -0.2) is 0 Å². The van der Waals surface area contributed by atoms with E-state index in [2.05, 4.69) is 21.3 Å². The zero-order chi connectivity index (χ0) is 15.6. The van der Waals surface area contributed by atoms with Crippen LogP contribution in [0.1, 0.15) is 43.7 Å². The molecule has 23 heavy (non-hydrogen) atoms. The van der Waals surface area contributed by atoms with E-state index in [-0.39, 0.29) is 6.04 Å². The zero-order valence-corrected chi connectivity index (χ0v) is 13.5. The number of pyridine rings is 1. The third kappa shape index (κ3) is 3.26. The van der Waals surface area contributed by atoms with Crippen LogP contribution < -0.4 is 5.32 Å². The number of aromatic nitrogens is 1. The van der Waals surface area contributed by atoms with Crippen molar-refractivity contribution in [2.24, 2.45) is 5.92 Å². The molecule has 0 radical (unpaired) electrons. The van der Waals surface area contributed by atoms with Crippen LogP contribution in [-0.4, -0.2) is 47.6 Å². The van der Waals surface area contributed by atoms with Gasteiger partial charge in [-0.3, -0.25) is 9.78 Å². The number of likely N-dealkylation sites (tertiary alicyclic amines) is 1. The number of carbonyl (C=O) groups excluding carboxylic acids is 1. The highest BCUT2D eigenvalue weighted by molar-refractivity contribution is 5.80. The van der Waals surface area contributed by atoms with E-state index < -0.39 is 0 Å². The second kappa shape index (κ2) is 6.57. The summed E-state index contributed by atoms with van der Waals surface area (Å²) in [6, 6.07) is 5.16. The van der Waals surface area contributed by atoms with Crippen LogP contribution in [0.15, 0.2) is 24.5 Å². The summed E-state index contributed by atoms with van der Waals surface area (Å²) in [7, 11) is 0. The van der Waals surface area contributed by atoms with Crippen LogP contribution in [0, 0.1) is 5.92 Å². The van der Waals surface area contributed by atoms with Crippen LogP contribution in [0.25, 0.3) is 0 Å². The van der Waals surface area contributed by atoms with Gasteiger partial charge in [0.2, 0.25) is 5.91 Å². The average Bonchev–Trinajstić information content (AvgIpc) is 3.38. The standard InChI is InChI=1S/C18H25N3O2/c22-17-9-14(11-20-15-4-2-8-23-12-15)18(21(17)16-5-6-16)13-3-1-7-19-10-13/h1,3,7,10,14-16,18,20H,2,4-6,8-9,11-12H2/t14-,15?,18-/m0/s1. The van der Waals surface area contributed by atoms with Crippen molar-refractivity contribution in [2.45, 2.75) is 50.2 Å². The van der Waals surface area contributed by atoms with Gasteiger partial charge in [0.25, 0.3) is 0 Å². The Morgan fingerprint density at radius 1 is 1.35 bits per heavy atom. The molecule has 2 saturated heterocycles. The van der Waals surface area contributed by atoms with E-state index in [4.69, 9.17) is 4.74 Å². The van der Waals surface area contributed by atoms with Gasteiger partial charge in [-0.2, -0.15) is 0 Å². The summed E-state index contributed by atoms with van der Waals surface area (Å²) in [5, 5.41) is 3.64. The Morgan fingerprint density at radius 2 is 2.26 bits per heavy atom. The fourth-order valence-electron chi connectivity index (χ4n) is 3.99. The van der Waals surface area contributed by atoms with Gasteiger partial charge < -0.3 is 15.0 Å². The summed E-state index contributed by atoms with van der Waals surface area (Å²) in [5.74, 6) is 0.641. The third-order valence-electron chi connectivity index (χ3n) is 5.27. The van der Waals surface area contributed by atoms with E-state index in [1.165, 1.54) is 12.0 Å². The zero-order valence-electron chi connectivity index (χ0n) is 13.5. The maximum atomic E-state index is 12.6. The van der Waals surface area contributed by atoms with Crippen molar-refractivity contribution in [3.63, 3.8) is 0 Å². The van der Waals surface area contributed by atoms with Crippen molar-refractivity contribution >= 4 is 5.91 Å². The fourth-order valence-corrected chi connectivity index (χ4v) is 3.99. The van der Waals surface area contributed by atoms with Crippen LogP contribution >= 0.6 is 0 Å². The molecule has 1 aliphatic carbocycles. The first-order chi connectivity index (χ1) is 11.3. The molecule has 0 aromatic carbocycles. The quantitative estimate of drug-likeness (QED) is 0.902. The van der Waals surface area contributed by atoms with E-state index in [1.807, 2.05) is 12.3 Å². The molecule has 1 amide bonds. The molecule has 1 N–H and O–H groups in total. The molecule has 3 fully saturated rings. The van der Waals surface area contributed by atoms with Crippen LogP contribution in [0.3, 0.4) is 0 Å². The average molecular weight is 315 g/mol. The lowest BCUT2D eigenvalue weighted by Crippen LogP contribution is -2.40. The Bertz CT molecular complexity index is 540. The Morgan fingerprint density at radius 3 is 2.96 bits per heavy atom. The molecule has 1 aromatic rings. The van der Waals surface area contributed by atoms with Gasteiger partial charge in [0.1, 0.15) is 0 Å². The van der Waals surface area contributed by atoms with Gasteiger partial charge in [-0.05, 0) is 37.3 Å². The van der Waals surface area contributed by atoms with E-state index in [1.54, 1.807) is 6.20 Å². The molecular formula is C18H25N3O2. The number of nitrogens with zero attached hydrogens (tertiary/aromatic N) is 2. The molecule has 3 atom stereocenters. The molecule has 1 unspecified atom stereocenters. The maximum absolute atomic E-state index is 12.6. The highest BCUT2D eigenvalue weighted by Gasteiger charge is 2.47. The van der Waals surface area contributed by atoms with E-state index in [9.17, 15) is 4.79 Å². The number of hydrogen-bond donors (Lipinski definition) is 1. The monoisotopic (exact) mass is 315 g/mol. The van der Waals surface area contributed by atoms with E-state index in [0.29, 0.717) is 30.3 Å². The lowest BCUT2D eigenvalue weighted by molar-refractivity contribution is -0.129. The second-order valence-electron chi connectivity index (χ2n) is 7.05. The van der Waals surface area contributed by atoms with Crippen molar-refractivity contribution in [2.75, 3.05) is 19.8 Å². The number of rotatable bonds is 5. The van der Waals surface area contributed by atoms with Crippen LogP contribution in [0.5, 0.6) is 0 Å². The van der Waals surface area contributed by atoms with Crippen molar-refractivity contribution < 1.29 is 9.53 Å². The Labute approximate surface area is 137 Å². The molecule has 2 aliphatic heterocycles. The van der Waals surface area contributed by atoms with Crippen LogP contribution in [0.2, 0.25) is 0 Å². The number of nitrogens with one attached hydrogen (secondary N) is 1. The predicted octanol–water partition coefficient (Wildman–Crippen LogP) is 1.90. The summed E-state index contributed by atoms with van der Waals surface area (Å²) in [6.45, 7) is 2.56. The number of ether oxygens (including phenoxy) is 1. The van der Waals surface area contributed by atoms with E-state index in [0.717, 1.165) is 39.0 Å². The Balaban J connectivity index is 1.48. The Hall–Kier alpha value is -1.46. The van der Waals surface area contributed by atoms with Gasteiger partial charge in [-0.15, -0.1) is 0 Å². The third-order valence-corrected chi connectivity index (χ3v) is 5.27. The summed E-state index contributed by atoms with van der Waals surface area (Å²) in [6.07, 6.45) is 8.98. The topological polar surface area (TPSA) is 54.5 Å². The minimum Gasteiger partial charge on any atom is -0.380 e. The number of amides is 1. The number of carbonyl (C=O) groups is 1. The van der Waals surface area contributed by atoms with Crippen molar-refractivity contribution in [3.8, 4) is 0 Å². The predicted molar refractivity (Wildman–Crippen MR) is 86.8 cm³/mol. The maximum Gasteiger partial charge on any atom is 0.223 e. The molecule has 5 nitrogen and oxygen atoms in total. The molecule has 0 spiro atoms. The molecule has 124 valence electrons. The SMILES string of the molecule is O=C1C[C@@H](CNC2CCCOC2)[C@H](c2cccnc2)N1C1CC1. The first kappa shape index (κ1) is 15.1. The minimum atomic E-state index is 0.181. The molecule has 5 heteroatoms. The largest absolute Gasteiger partial charge is 0.380 e. The lowest BCUT2D eigenvalue weighted by atomic mass is 9.94. The Kier molecular flexibility index (Phi) is 4.31. The molecule has 3 aliphatic rings. The summed E-state index contributed by atoms with van der Waals surface area (Å²) in [5.41, 5.74) is 1.18. The normalized spacial score (nSPS) is 31.6. The van der Waals surface area contributed by atoms with Gasteiger partial charge in [0, 0.05) is 50.0 Å². The van der Waals surface area contributed by atoms with Crippen LogP contribution in [0.4, 0.5) is 0 Å². The highest BCUT2D eigenvalue weighted by atomic mass is 16.5. The van der Waals surface area contributed by atoms with Crippen molar-refractivity contribution in [1.29, 1.82) is 0 Å². The van der Waals surface area contributed by atoms with Gasteiger partial charge in [-0.1, -0.05) is 6.07 Å². The van der Waals surface area contributed by atoms with Crippen molar-refractivity contribution in [3.05, 3.63) is 30.1 Å². The first-order valence-corrected chi connectivity index (χ1v) is 8.85. The highest BCUT2D eigenvalue weighted by Crippen LogP contribution is 2.44. The summed E-state index contributed by atoms with van der Waals surface area (Å²) < 4.78 is 5.55. The number of hydrogen-bond acceptors (Lipinski definition) is 4. The smallest absolute Gasteiger partial charge is 0.223 e. The molecule has 1 saturated carbocycles. The molecular weight excluding hydrogens is 290 g/mol. The molecule has 0 bridgehead atoms. The van der Waals surface area contributed by atoms with Gasteiger partial charge >= 0.3 is 0 Å². The minimum absolute atomic E-state index is 0.181. The first-order valence-electron chi connectivity index (χ1n) is 8.85. The summed E-state index contributed by atoms with van der Waals surface area (Å²) >= 11 is 0. The lowest BCUT2D eigenvalue weighted by Gasteiger charge is -2.30. The van der Waals surface area contributed by atoms with E-state index >= 15 is 0 Å². The molecule has 1 aromatic heterocycles. The second-order valence-corrected chi connectivity index (χ2v) is 7.05. The van der Waals surface area contributed by atoms with Crippen LogP contribution in [-0.2, 0) is 9.53 Å². The van der Waals surface area contributed by atoms with Gasteiger partial charge in [0.05, 0.1) is 12.6 Å². The van der Waals surface area contributed by atoms with Crippen molar-refractivity contribution in [1.82, 2.24) is 15.2 Å².